The molecular weight excluding hydrogens is 205 g/mol. The number of nitrogens with zero attached hydrogens (tertiary/aromatic N) is 3. The third-order valence-electron chi connectivity index (χ3n) is 0.878. The summed E-state index contributed by atoms with van der Waals surface area (Å²) in [4.78, 5) is 14.1. The van der Waals surface area contributed by atoms with Crippen LogP contribution in [0.5, 0.6) is 0 Å². The summed E-state index contributed by atoms with van der Waals surface area (Å²) in [7, 11) is 1.66. The Balaban J connectivity index is 0.000000810. The first-order valence-corrected chi connectivity index (χ1v) is 2.57. The van der Waals surface area contributed by atoms with E-state index in [-0.39, 0.29) is 32.7 Å². The van der Waals surface area contributed by atoms with Gasteiger partial charge in [0.1, 0.15) is 5.62 Å². The van der Waals surface area contributed by atoms with Crippen LogP contribution in [0.1, 0.15) is 5.82 Å². The van der Waals surface area contributed by atoms with Gasteiger partial charge in [-0.2, -0.15) is 0 Å². The number of nitrogens with one attached hydrogen (secondary N) is 1. The fourth-order valence-corrected chi connectivity index (χ4v) is 0.471. The summed E-state index contributed by atoms with van der Waals surface area (Å²) < 4.78 is 0. The van der Waals surface area contributed by atoms with Gasteiger partial charge in [-0.15, -0.1) is 0 Å². The Morgan fingerprint density at radius 3 is 2.60 bits per heavy atom. The molecule has 5 heteroatoms. The average Bonchev–Trinajstić information content (AvgIpc) is 1.88. The molecule has 10 heavy (non-hydrogen) atoms. The van der Waals surface area contributed by atoms with E-state index >= 15 is 0 Å². The second-order valence-electron chi connectivity index (χ2n) is 1.58. The smallest absolute Gasteiger partial charge is 0.419 e. The van der Waals surface area contributed by atoms with Crippen molar-refractivity contribution < 1.29 is 32.7 Å². The van der Waals surface area contributed by atoms with Crippen molar-refractivity contribution in [3.63, 3.8) is 0 Å². The fourth-order valence-electron chi connectivity index (χ4n) is 0.471. The summed E-state index contributed by atoms with van der Waals surface area (Å²) in [6.07, 6.45) is 2.46. The predicted octanol–water partition coefficient (Wildman–Crippen LogP) is -0.559. The predicted molar refractivity (Wildman–Crippen MR) is 31.4 cm³/mol. The van der Waals surface area contributed by atoms with Crippen molar-refractivity contribution in [1.29, 1.82) is 0 Å². The van der Waals surface area contributed by atoms with Crippen molar-refractivity contribution in [3.8, 4) is 0 Å². The molecule has 0 unspecified atom stereocenters. The van der Waals surface area contributed by atoms with Crippen molar-refractivity contribution in [2.75, 3.05) is 7.05 Å². The van der Waals surface area contributed by atoms with Gasteiger partial charge in [0.15, 0.2) is 0 Å². The zero-order valence-corrected chi connectivity index (χ0v) is 8.76. The molecule has 1 heterocycles. The molecule has 1 rings (SSSR count). The maximum Gasteiger partial charge on any atom is 3.00 e. The van der Waals surface area contributed by atoms with Crippen molar-refractivity contribution in [3.05, 3.63) is 17.8 Å². The van der Waals surface area contributed by atoms with E-state index in [2.05, 4.69) is 26.3 Å². The van der Waals surface area contributed by atoms with Gasteiger partial charge in [-0.1, -0.05) is 6.92 Å². The second kappa shape index (κ2) is 4.69. The maximum atomic E-state index is 3.79. The Labute approximate surface area is 84.1 Å². The van der Waals surface area contributed by atoms with E-state index in [1.54, 1.807) is 7.05 Å². The Bertz CT molecular complexity index is 254. The molecule has 0 atom stereocenters. The minimum Gasteiger partial charge on any atom is -0.419 e. The SMILES string of the molecule is CN=c1n[c-]nc(C)[nH]1.[Y+3]. The molecule has 0 aliphatic heterocycles. The summed E-state index contributed by atoms with van der Waals surface area (Å²) in [5, 5.41) is 0. The van der Waals surface area contributed by atoms with Gasteiger partial charge in [0.2, 0.25) is 0 Å². The molecule has 0 radical (unpaired) electrons. The summed E-state index contributed by atoms with van der Waals surface area (Å²) in [6.45, 7) is 1.83. The molecule has 1 aromatic rings. The van der Waals surface area contributed by atoms with Gasteiger partial charge < -0.3 is 19.9 Å². The molecule has 0 aliphatic carbocycles. The van der Waals surface area contributed by atoms with Crippen LogP contribution < -0.4 is 5.62 Å². The Kier molecular flexibility index (Phi) is 4.65. The van der Waals surface area contributed by atoms with Crippen LogP contribution in [0.3, 0.4) is 0 Å². The molecule has 0 fully saturated rings. The number of aromatic amines is 1. The van der Waals surface area contributed by atoms with Crippen LogP contribution in [-0.4, -0.2) is 22.0 Å². The number of hydrogen-bond acceptors (Lipinski definition) is 3. The van der Waals surface area contributed by atoms with Gasteiger partial charge in [-0.05, 0) is 5.82 Å². The largest absolute Gasteiger partial charge is 3.00 e. The molecule has 4 nitrogen and oxygen atoms in total. The molecule has 0 amide bonds. The number of aromatic nitrogens is 3. The van der Waals surface area contributed by atoms with Gasteiger partial charge in [-0.25, -0.2) is 0 Å². The maximum absolute atomic E-state index is 3.79. The number of H-pyrrole nitrogens is 1. The molecule has 0 aromatic carbocycles. The van der Waals surface area contributed by atoms with Gasteiger partial charge in [0.05, 0.1) is 0 Å². The van der Waals surface area contributed by atoms with E-state index < -0.39 is 0 Å². The first kappa shape index (κ1) is 9.91. The summed E-state index contributed by atoms with van der Waals surface area (Å²) in [6, 6.07) is 0. The monoisotopic (exact) mass is 212 g/mol. The molecule has 0 saturated heterocycles. The van der Waals surface area contributed by atoms with E-state index in [0.717, 1.165) is 5.82 Å². The Morgan fingerprint density at radius 2 is 2.20 bits per heavy atom. The van der Waals surface area contributed by atoms with Crippen LogP contribution in [0.2, 0.25) is 0 Å². The molecule has 0 spiro atoms. The van der Waals surface area contributed by atoms with Gasteiger partial charge in [-0.3, -0.25) is 0 Å². The van der Waals surface area contributed by atoms with E-state index in [1.165, 1.54) is 0 Å². The topological polar surface area (TPSA) is 53.9 Å². The molecule has 1 N–H and O–H groups in total. The number of aryl methyl sites for hydroxylation is 1. The quantitative estimate of drug-likeness (QED) is 0.586. The first-order chi connectivity index (χ1) is 4.33. The molecule has 48 valence electrons. The molecule has 0 bridgehead atoms. The van der Waals surface area contributed by atoms with Gasteiger partial charge >= 0.3 is 32.7 Å². The third-order valence-corrected chi connectivity index (χ3v) is 0.878. The van der Waals surface area contributed by atoms with Crippen molar-refractivity contribution >= 4 is 0 Å². The van der Waals surface area contributed by atoms with Gasteiger partial charge in [0, 0.05) is 13.4 Å². The number of rotatable bonds is 0. The van der Waals surface area contributed by atoms with Gasteiger partial charge in [0.25, 0.3) is 0 Å². The van der Waals surface area contributed by atoms with Crippen molar-refractivity contribution in [2.24, 2.45) is 4.99 Å². The fraction of sp³-hybridized carbons (Fsp3) is 0.400. The van der Waals surface area contributed by atoms with Crippen LogP contribution in [0, 0.1) is 13.3 Å². The first-order valence-electron chi connectivity index (χ1n) is 2.57. The normalized spacial score (nSPS) is 10.8. The van der Waals surface area contributed by atoms with E-state index in [0.29, 0.717) is 5.62 Å². The van der Waals surface area contributed by atoms with Crippen molar-refractivity contribution in [2.45, 2.75) is 6.92 Å². The third kappa shape index (κ3) is 2.67. The molecule has 1 aromatic heterocycles. The Hall–Kier alpha value is -0.0861. The van der Waals surface area contributed by atoms with Crippen LogP contribution >= 0.6 is 0 Å². The zero-order valence-electron chi connectivity index (χ0n) is 5.92. The average molecular weight is 212 g/mol. The number of hydrogen-bond donors (Lipinski definition) is 1. The minimum absolute atomic E-state index is 0. The zero-order chi connectivity index (χ0) is 6.69. The summed E-state index contributed by atoms with van der Waals surface area (Å²) in [5.74, 6) is 0.769. The summed E-state index contributed by atoms with van der Waals surface area (Å²) in [5.41, 5.74) is 0.558. The minimum atomic E-state index is 0. The van der Waals surface area contributed by atoms with Crippen LogP contribution in [0.15, 0.2) is 4.99 Å². The second-order valence-corrected chi connectivity index (χ2v) is 1.58. The van der Waals surface area contributed by atoms with E-state index in [9.17, 15) is 0 Å². The summed E-state index contributed by atoms with van der Waals surface area (Å²) >= 11 is 0. The van der Waals surface area contributed by atoms with Crippen molar-refractivity contribution in [1.82, 2.24) is 15.0 Å². The molecule has 0 saturated carbocycles. The van der Waals surface area contributed by atoms with Crippen LogP contribution in [0.25, 0.3) is 0 Å². The van der Waals surface area contributed by atoms with E-state index in [4.69, 9.17) is 0 Å². The Morgan fingerprint density at radius 1 is 1.50 bits per heavy atom. The van der Waals surface area contributed by atoms with E-state index in [1.807, 2.05) is 6.92 Å². The standard InChI is InChI=1S/C5H7N4.Y/c1-4-7-3-8-5(6-2)9-4;/h1-2H3,(H,6,7,8,9);/q-1;+3. The molecule has 0 aliphatic rings. The van der Waals surface area contributed by atoms with Crippen LogP contribution in [0.4, 0.5) is 0 Å². The molecular formula is C5H7N4Y+2. The van der Waals surface area contributed by atoms with Crippen LogP contribution in [-0.2, 0) is 32.7 Å².